The highest BCUT2D eigenvalue weighted by molar-refractivity contribution is 7.47. The van der Waals surface area contributed by atoms with Crippen molar-refractivity contribution in [3.8, 4) is 0 Å². The van der Waals surface area contributed by atoms with Crippen LogP contribution in [0.5, 0.6) is 0 Å². The highest BCUT2D eigenvalue weighted by Crippen LogP contribution is 2.43. The minimum Gasteiger partial charge on any atom is -0.387 e. The molecule has 0 aliphatic heterocycles. The average molecular weight is 1010 g/mol. The van der Waals surface area contributed by atoms with Gasteiger partial charge in [0.25, 0.3) is 0 Å². The summed E-state index contributed by atoms with van der Waals surface area (Å²) in [7, 11) is 1.52. The first-order valence-corrected chi connectivity index (χ1v) is 30.6. The van der Waals surface area contributed by atoms with Crippen molar-refractivity contribution in [1.29, 1.82) is 0 Å². The molecule has 3 atom stereocenters. The van der Waals surface area contributed by atoms with Crippen LogP contribution >= 0.6 is 7.82 Å². The number of nitrogens with zero attached hydrogens (tertiary/aromatic N) is 1. The zero-order valence-corrected chi connectivity index (χ0v) is 47.6. The number of aliphatic hydroxyl groups excluding tert-OH is 1. The maximum absolute atomic E-state index is 13.0. The molecule has 0 radical (unpaired) electrons. The molecule has 8 nitrogen and oxygen atoms in total. The Hall–Kier alpha value is -2.58. The lowest BCUT2D eigenvalue weighted by atomic mass is 10.0. The number of phosphoric ester groups is 1. The zero-order valence-electron chi connectivity index (χ0n) is 46.7. The fourth-order valence-corrected chi connectivity index (χ4v) is 8.72. The molecule has 0 aliphatic rings. The Morgan fingerprint density at radius 2 is 0.859 bits per heavy atom. The lowest BCUT2D eigenvalue weighted by Crippen LogP contribution is -2.45. The first kappa shape index (κ1) is 68.4. The second-order valence-electron chi connectivity index (χ2n) is 20.6. The summed E-state index contributed by atoms with van der Waals surface area (Å²) < 4.78 is 23.7. The Balaban J connectivity index is 4.33. The number of carbonyl (C=O) groups is 1. The van der Waals surface area contributed by atoms with Crippen molar-refractivity contribution in [3.63, 3.8) is 0 Å². The van der Waals surface area contributed by atoms with Crippen LogP contribution in [0.1, 0.15) is 239 Å². The lowest BCUT2D eigenvalue weighted by molar-refractivity contribution is -0.870. The largest absolute Gasteiger partial charge is 0.472 e. The van der Waals surface area contributed by atoms with Crippen molar-refractivity contribution < 1.29 is 32.9 Å². The molecule has 0 spiro atoms. The number of likely N-dealkylation sites (N-methyl/N-ethyl adjacent to an activating group) is 1. The third-order valence-corrected chi connectivity index (χ3v) is 13.5. The van der Waals surface area contributed by atoms with Crippen molar-refractivity contribution in [2.24, 2.45) is 0 Å². The third kappa shape index (κ3) is 55.0. The minimum atomic E-state index is -4.37. The van der Waals surface area contributed by atoms with Gasteiger partial charge in [0.1, 0.15) is 13.2 Å². The number of amides is 1. The Kier molecular flexibility index (Phi) is 50.4. The fourth-order valence-electron chi connectivity index (χ4n) is 7.98. The number of allylic oxidation sites excluding steroid dienone is 15. The Morgan fingerprint density at radius 1 is 0.493 bits per heavy atom. The molecule has 0 heterocycles. The summed E-state index contributed by atoms with van der Waals surface area (Å²) in [5, 5.41) is 13.9. The van der Waals surface area contributed by atoms with Gasteiger partial charge in [0.05, 0.1) is 39.9 Å². The van der Waals surface area contributed by atoms with Crippen molar-refractivity contribution in [1.82, 2.24) is 5.32 Å². The van der Waals surface area contributed by atoms with Crippen molar-refractivity contribution in [2.45, 2.75) is 251 Å². The molecule has 0 saturated heterocycles. The monoisotopic (exact) mass is 1010 g/mol. The minimum absolute atomic E-state index is 0.0442. The van der Waals surface area contributed by atoms with Crippen LogP contribution in [0.2, 0.25) is 0 Å². The lowest BCUT2D eigenvalue weighted by Gasteiger charge is -2.25. The van der Waals surface area contributed by atoms with Crippen LogP contribution in [0, 0.1) is 0 Å². The summed E-state index contributed by atoms with van der Waals surface area (Å²) in [6, 6.07) is -0.888. The molecule has 1 amide bonds. The summed E-state index contributed by atoms with van der Waals surface area (Å²) >= 11 is 0. The van der Waals surface area contributed by atoms with Gasteiger partial charge in [0, 0.05) is 6.42 Å². The molecule has 0 rings (SSSR count). The number of nitrogens with one attached hydrogen (secondary N) is 1. The molecule has 9 heteroatoms. The molecule has 0 aliphatic carbocycles. The topological polar surface area (TPSA) is 105 Å². The Bertz CT molecular complexity index is 1470. The summed E-state index contributed by atoms with van der Waals surface area (Å²) in [5.41, 5.74) is 0. The van der Waals surface area contributed by atoms with Crippen LogP contribution in [-0.2, 0) is 18.4 Å². The molecule has 0 aromatic carbocycles. The quantitative estimate of drug-likeness (QED) is 0.0243. The van der Waals surface area contributed by atoms with E-state index in [2.05, 4.69) is 104 Å². The van der Waals surface area contributed by atoms with Crippen molar-refractivity contribution in [3.05, 3.63) is 97.2 Å². The predicted molar refractivity (Wildman–Crippen MR) is 309 cm³/mol. The molecule has 0 fully saturated rings. The molecule has 0 saturated carbocycles. The van der Waals surface area contributed by atoms with Gasteiger partial charge in [-0.15, -0.1) is 0 Å². The smallest absolute Gasteiger partial charge is 0.387 e. The van der Waals surface area contributed by atoms with Crippen LogP contribution in [0.4, 0.5) is 0 Å². The van der Waals surface area contributed by atoms with E-state index in [-0.39, 0.29) is 19.1 Å². The number of carbonyl (C=O) groups excluding carboxylic acids is 1. The number of rotatable bonds is 52. The van der Waals surface area contributed by atoms with E-state index in [4.69, 9.17) is 9.05 Å². The third-order valence-electron chi connectivity index (χ3n) is 12.5. The maximum atomic E-state index is 13.0. The number of phosphoric acid groups is 1. The first-order chi connectivity index (χ1) is 34.5. The molecule has 71 heavy (non-hydrogen) atoms. The molecule has 3 unspecified atom stereocenters. The molecular formula is C62H112N2O6P+. The SMILES string of the molecule is CC/C=C\C/C=C\C/C=C\C/C=C\C/C=C\CCCCCCCC(=O)NC(COP(=O)(O)OCC[N+](C)(C)C)C(O)/C=C/CC/C=C/CC/C=C/CCCCCCCCCCCCCCCCCCCC. The average Bonchev–Trinajstić information content (AvgIpc) is 3.33. The van der Waals surface area contributed by atoms with Gasteiger partial charge >= 0.3 is 7.82 Å². The first-order valence-electron chi connectivity index (χ1n) is 29.1. The van der Waals surface area contributed by atoms with Crippen LogP contribution < -0.4 is 5.32 Å². The second-order valence-corrected chi connectivity index (χ2v) is 22.1. The van der Waals surface area contributed by atoms with Crippen molar-refractivity contribution in [2.75, 3.05) is 40.9 Å². The van der Waals surface area contributed by atoms with Crippen LogP contribution in [0.25, 0.3) is 0 Å². The molecule has 3 N–H and O–H groups in total. The highest BCUT2D eigenvalue weighted by Gasteiger charge is 2.27. The van der Waals surface area contributed by atoms with Gasteiger partial charge in [-0.25, -0.2) is 4.57 Å². The summed E-state index contributed by atoms with van der Waals surface area (Å²) in [5.74, 6) is -0.212. The van der Waals surface area contributed by atoms with Gasteiger partial charge in [-0.2, -0.15) is 0 Å². The van der Waals surface area contributed by atoms with E-state index in [1.165, 1.54) is 122 Å². The van der Waals surface area contributed by atoms with Gasteiger partial charge in [0.15, 0.2) is 0 Å². The van der Waals surface area contributed by atoms with E-state index in [1.807, 2.05) is 27.2 Å². The number of quaternary nitrogens is 1. The zero-order chi connectivity index (χ0) is 52.0. The molecule has 410 valence electrons. The van der Waals surface area contributed by atoms with Gasteiger partial charge in [0.2, 0.25) is 5.91 Å². The van der Waals surface area contributed by atoms with Crippen LogP contribution in [0.3, 0.4) is 0 Å². The highest BCUT2D eigenvalue weighted by atomic mass is 31.2. The second kappa shape index (κ2) is 52.3. The van der Waals surface area contributed by atoms with Crippen molar-refractivity contribution >= 4 is 13.7 Å². The maximum Gasteiger partial charge on any atom is 0.472 e. The number of hydrogen-bond acceptors (Lipinski definition) is 5. The number of unbranched alkanes of at least 4 members (excludes halogenated alkanes) is 25. The number of hydrogen-bond donors (Lipinski definition) is 3. The van der Waals surface area contributed by atoms with E-state index in [0.29, 0.717) is 17.4 Å². The van der Waals surface area contributed by atoms with E-state index < -0.39 is 20.0 Å². The molecule has 0 aromatic heterocycles. The van der Waals surface area contributed by atoms with Gasteiger partial charge in [-0.05, 0) is 89.9 Å². The molecule has 0 aromatic rings. The predicted octanol–water partition coefficient (Wildman–Crippen LogP) is 17.8. The fraction of sp³-hybridized carbons (Fsp3) is 0.726. The summed E-state index contributed by atoms with van der Waals surface area (Å²) in [6.07, 6.45) is 75.2. The Labute approximate surface area is 439 Å². The van der Waals surface area contributed by atoms with E-state index >= 15 is 0 Å². The van der Waals surface area contributed by atoms with Gasteiger partial charge < -0.3 is 19.8 Å². The van der Waals surface area contributed by atoms with Gasteiger partial charge in [-0.3, -0.25) is 13.8 Å². The van der Waals surface area contributed by atoms with Crippen LogP contribution in [-0.4, -0.2) is 73.4 Å². The van der Waals surface area contributed by atoms with E-state index in [9.17, 15) is 19.4 Å². The number of aliphatic hydroxyl groups is 1. The Morgan fingerprint density at radius 3 is 1.30 bits per heavy atom. The van der Waals surface area contributed by atoms with E-state index in [0.717, 1.165) is 96.3 Å². The standard InChI is InChI=1S/C62H111N2O6P/c1-6-8-10-12-14-16-18-20-22-24-26-28-29-30-31-32-33-34-36-37-39-41-43-45-47-49-51-53-55-61(65)60(59-70-71(67,68)69-58-57-64(3,4)5)63-62(66)56-54-52-50-48-46-44-42-40-38-35-27-25-23-21-19-17-15-13-11-9-7-2/h9,11,15,17,21,23,27,35,37,39-40,42,45,47,53,55,60-61,65H,6-8,10,12-14,16,18-20,22,24-26,28-34,36,38,41,43-44,46,48-52,54,56-59H2,1-5H3,(H-,63,66,67,68)/p+1/b11-9-,17-15-,23-21-,35-27-,39-37+,42-40-,47-45+,55-53+. The summed E-state index contributed by atoms with van der Waals surface area (Å²) in [4.78, 5) is 23.3. The normalized spacial score (nSPS) is 14.6. The van der Waals surface area contributed by atoms with E-state index in [1.54, 1.807) is 6.08 Å². The molecular weight excluding hydrogens is 900 g/mol. The van der Waals surface area contributed by atoms with Gasteiger partial charge in [-0.1, -0.05) is 239 Å². The van der Waals surface area contributed by atoms with Crippen LogP contribution in [0.15, 0.2) is 97.2 Å². The molecule has 0 bridgehead atoms. The summed E-state index contributed by atoms with van der Waals surface area (Å²) in [6.45, 7) is 4.66.